The van der Waals surface area contributed by atoms with E-state index in [1.54, 1.807) is 0 Å². The van der Waals surface area contributed by atoms with E-state index in [1.165, 1.54) is 0 Å². The average Bonchev–Trinajstić information content (AvgIpc) is 2.03. The summed E-state index contributed by atoms with van der Waals surface area (Å²) in [6, 6.07) is 0. The topological polar surface area (TPSA) is 20.3 Å². The first-order chi connectivity index (χ1) is 6.16. The average molecular weight is 199 g/mol. The Bertz CT molecular complexity index is 201. The van der Waals surface area contributed by atoms with Crippen LogP contribution in [0.25, 0.3) is 0 Å². The molecule has 0 saturated heterocycles. The standard InChI is InChI=1S/C12H25NO/c1-8-12(6,7)10(14)13(9-2)11(3,4)5/h8-9H2,1-7H3. The van der Waals surface area contributed by atoms with Crippen molar-refractivity contribution in [1.82, 2.24) is 4.90 Å². The molecule has 0 bridgehead atoms. The van der Waals surface area contributed by atoms with Crippen molar-refractivity contribution in [3.05, 3.63) is 0 Å². The molecule has 0 N–H and O–H groups in total. The third-order valence-corrected chi connectivity index (χ3v) is 2.83. The number of amides is 1. The van der Waals surface area contributed by atoms with Gasteiger partial charge < -0.3 is 4.90 Å². The molecule has 0 saturated carbocycles. The van der Waals surface area contributed by atoms with Crippen molar-refractivity contribution in [3.63, 3.8) is 0 Å². The highest BCUT2D eigenvalue weighted by atomic mass is 16.2. The molecule has 1 amide bonds. The first-order valence-electron chi connectivity index (χ1n) is 5.49. The Hall–Kier alpha value is -0.530. The van der Waals surface area contributed by atoms with E-state index < -0.39 is 0 Å². The Morgan fingerprint density at radius 3 is 1.71 bits per heavy atom. The largest absolute Gasteiger partial charge is 0.338 e. The summed E-state index contributed by atoms with van der Waals surface area (Å²) in [6.45, 7) is 15.2. The zero-order valence-electron chi connectivity index (χ0n) is 10.8. The maximum atomic E-state index is 12.2. The van der Waals surface area contributed by atoms with E-state index in [0.29, 0.717) is 0 Å². The Morgan fingerprint density at radius 2 is 1.50 bits per heavy atom. The second-order valence-electron chi connectivity index (χ2n) is 5.46. The Labute approximate surface area is 88.7 Å². The maximum Gasteiger partial charge on any atom is 0.228 e. The molecule has 84 valence electrons. The fourth-order valence-corrected chi connectivity index (χ4v) is 1.44. The van der Waals surface area contributed by atoms with Crippen LogP contribution in [0.2, 0.25) is 0 Å². The highest BCUT2D eigenvalue weighted by molar-refractivity contribution is 5.82. The number of hydrogen-bond donors (Lipinski definition) is 0. The van der Waals surface area contributed by atoms with E-state index >= 15 is 0 Å². The normalized spacial score (nSPS) is 12.8. The van der Waals surface area contributed by atoms with Gasteiger partial charge in [-0.3, -0.25) is 4.79 Å². The highest BCUT2D eigenvalue weighted by Crippen LogP contribution is 2.26. The quantitative estimate of drug-likeness (QED) is 0.684. The van der Waals surface area contributed by atoms with Crippen LogP contribution < -0.4 is 0 Å². The molecule has 0 aliphatic rings. The molecule has 0 rings (SSSR count). The van der Waals surface area contributed by atoms with Gasteiger partial charge in [0.25, 0.3) is 0 Å². The summed E-state index contributed by atoms with van der Waals surface area (Å²) in [4.78, 5) is 14.2. The minimum absolute atomic E-state index is 0.0712. The number of rotatable bonds is 3. The molecular formula is C12H25NO. The van der Waals surface area contributed by atoms with Gasteiger partial charge in [0.05, 0.1) is 0 Å². The van der Waals surface area contributed by atoms with Gasteiger partial charge in [0.2, 0.25) is 5.91 Å². The molecular weight excluding hydrogens is 174 g/mol. The minimum Gasteiger partial charge on any atom is -0.338 e. The molecule has 0 radical (unpaired) electrons. The monoisotopic (exact) mass is 199 g/mol. The summed E-state index contributed by atoms with van der Waals surface area (Å²) < 4.78 is 0. The Kier molecular flexibility index (Phi) is 4.16. The lowest BCUT2D eigenvalue weighted by atomic mass is 9.87. The van der Waals surface area contributed by atoms with Gasteiger partial charge >= 0.3 is 0 Å². The van der Waals surface area contributed by atoms with Crippen LogP contribution in [0, 0.1) is 5.41 Å². The molecule has 0 aromatic carbocycles. The molecule has 2 nitrogen and oxygen atoms in total. The highest BCUT2D eigenvalue weighted by Gasteiger charge is 2.34. The predicted molar refractivity (Wildman–Crippen MR) is 61.2 cm³/mol. The first kappa shape index (κ1) is 13.5. The van der Waals surface area contributed by atoms with Crippen LogP contribution in [-0.4, -0.2) is 22.9 Å². The number of hydrogen-bond acceptors (Lipinski definition) is 1. The van der Waals surface area contributed by atoms with Crippen molar-refractivity contribution >= 4 is 5.91 Å². The molecule has 0 aromatic heterocycles. The van der Waals surface area contributed by atoms with E-state index in [4.69, 9.17) is 0 Å². The predicted octanol–water partition coefficient (Wildman–Crippen LogP) is 3.07. The van der Waals surface area contributed by atoms with Crippen molar-refractivity contribution in [3.8, 4) is 0 Å². The van der Waals surface area contributed by atoms with Gasteiger partial charge in [0, 0.05) is 17.5 Å². The maximum absolute atomic E-state index is 12.2. The molecule has 0 unspecified atom stereocenters. The molecule has 0 fully saturated rings. The summed E-state index contributed by atoms with van der Waals surface area (Å²) in [7, 11) is 0. The zero-order valence-corrected chi connectivity index (χ0v) is 10.8. The van der Waals surface area contributed by atoms with Crippen molar-refractivity contribution in [1.29, 1.82) is 0 Å². The van der Waals surface area contributed by atoms with Crippen molar-refractivity contribution in [2.75, 3.05) is 6.54 Å². The summed E-state index contributed by atoms with van der Waals surface area (Å²) in [5.74, 6) is 0.259. The van der Waals surface area contributed by atoms with Gasteiger partial charge in [0.1, 0.15) is 0 Å². The van der Waals surface area contributed by atoms with Crippen LogP contribution in [0.1, 0.15) is 54.9 Å². The third kappa shape index (κ3) is 3.00. The molecule has 0 aromatic rings. The molecule has 0 spiro atoms. The molecule has 0 aliphatic carbocycles. The molecule has 0 atom stereocenters. The van der Waals surface area contributed by atoms with Crippen LogP contribution in [-0.2, 0) is 4.79 Å². The number of carbonyl (C=O) groups excluding carboxylic acids is 1. The molecule has 0 heterocycles. The molecule has 0 aliphatic heterocycles. The fraction of sp³-hybridized carbons (Fsp3) is 0.917. The van der Waals surface area contributed by atoms with Gasteiger partial charge in [-0.1, -0.05) is 20.8 Å². The van der Waals surface area contributed by atoms with Gasteiger partial charge in [0.15, 0.2) is 0 Å². The Morgan fingerprint density at radius 1 is 1.07 bits per heavy atom. The van der Waals surface area contributed by atoms with Crippen molar-refractivity contribution < 1.29 is 4.79 Å². The lowest BCUT2D eigenvalue weighted by Gasteiger charge is -2.39. The van der Waals surface area contributed by atoms with Crippen LogP contribution in [0.4, 0.5) is 0 Å². The summed E-state index contributed by atoms with van der Waals surface area (Å²) in [6.07, 6.45) is 0.887. The van der Waals surface area contributed by atoms with Gasteiger partial charge in [-0.2, -0.15) is 0 Å². The number of nitrogens with zero attached hydrogens (tertiary/aromatic N) is 1. The van der Waals surface area contributed by atoms with Crippen LogP contribution >= 0.6 is 0 Å². The summed E-state index contributed by atoms with van der Waals surface area (Å²) in [5, 5.41) is 0. The lowest BCUT2D eigenvalue weighted by Crippen LogP contribution is -2.50. The zero-order chi connectivity index (χ0) is 11.6. The second kappa shape index (κ2) is 4.33. The van der Waals surface area contributed by atoms with Crippen molar-refractivity contribution in [2.24, 2.45) is 5.41 Å². The minimum atomic E-state index is -0.233. The SMILES string of the molecule is CCN(C(=O)C(C)(C)CC)C(C)(C)C. The molecule has 14 heavy (non-hydrogen) atoms. The van der Waals surface area contributed by atoms with Gasteiger partial charge in [-0.25, -0.2) is 0 Å². The third-order valence-electron chi connectivity index (χ3n) is 2.83. The van der Waals surface area contributed by atoms with Crippen LogP contribution in [0.3, 0.4) is 0 Å². The smallest absolute Gasteiger partial charge is 0.228 e. The summed E-state index contributed by atoms with van der Waals surface area (Å²) in [5.41, 5.74) is -0.304. The molecule has 2 heteroatoms. The Balaban J connectivity index is 4.81. The fourth-order valence-electron chi connectivity index (χ4n) is 1.44. The van der Waals surface area contributed by atoms with E-state index in [-0.39, 0.29) is 16.9 Å². The van der Waals surface area contributed by atoms with Crippen LogP contribution in [0.15, 0.2) is 0 Å². The van der Waals surface area contributed by atoms with Gasteiger partial charge in [-0.05, 0) is 34.1 Å². The van der Waals surface area contributed by atoms with Crippen LogP contribution in [0.5, 0.6) is 0 Å². The van der Waals surface area contributed by atoms with Crippen molar-refractivity contribution in [2.45, 2.75) is 60.4 Å². The lowest BCUT2D eigenvalue weighted by molar-refractivity contribution is -0.145. The van der Waals surface area contributed by atoms with E-state index in [0.717, 1.165) is 13.0 Å². The summed E-state index contributed by atoms with van der Waals surface area (Å²) >= 11 is 0. The van der Waals surface area contributed by atoms with E-state index in [9.17, 15) is 4.79 Å². The van der Waals surface area contributed by atoms with E-state index in [1.807, 2.05) is 25.7 Å². The second-order valence-corrected chi connectivity index (χ2v) is 5.46. The van der Waals surface area contributed by atoms with Gasteiger partial charge in [-0.15, -0.1) is 0 Å². The first-order valence-corrected chi connectivity index (χ1v) is 5.49. The number of carbonyl (C=O) groups is 1. The van der Waals surface area contributed by atoms with E-state index in [2.05, 4.69) is 27.7 Å².